The van der Waals surface area contributed by atoms with Crippen molar-refractivity contribution in [3.63, 3.8) is 0 Å². The van der Waals surface area contributed by atoms with E-state index in [0.29, 0.717) is 17.5 Å². The lowest BCUT2D eigenvalue weighted by molar-refractivity contribution is 0.677. The van der Waals surface area contributed by atoms with Gasteiger partial charge in [0.25, 0.3) is 0 Å². The topological polar surface area (TPSA) is 50.4 Å². The molecule has 0 fully saturated rings. The molecule has 1 heterocycles. The maximum atomic E-state index is 5.69. The van der Waals surface area contributed by atoms with Gasteiger partial charge in [-0.05, 0) is 19.9 Å². The summed E-state index contributed by atoms with van der Waals surface area (Å²) < 4.78 is 0. The Kier molecular flexibility index (Phi) is 3.50. The predicted octanol–water partition coefficient (Wildman–Crippen LogP) is 1.87. The number of aliphatic imine (C=N–C) groups is 1. The van der Waals surface area contributed by atoms with Gasteiger partial charge in [0.2, 0.25) is 0 Å². The number of hydrogen-bond donors (Lipinski definition) is 2. The molecule has 0 aromatic carbocycles. The number of rotatable bonds is 3. The van der Waals surface area contributed by atoms with Gasteiger partial charge in [-0.1, -0.05) is 19.2 Å². The summed E-state index contributed by atoms with van der Waals surface area (Å²) in [6.07, 6.45) is 5.33. The molecule has 0 aromatic rings. The third-order valence-electron chi connectivity index (χ3n) is 1.97. The van der Waals surface area contributed by atoms with Gasteiger partial charge in [0.05, 0.1) is 0 Å². The Hall–Kier alpha value is -1.77. The molecule has 0 spiro atoms. The van der Waals surface area contributed by atoms with E-state index in [0.717, 1.165) is 11.3 Å². The van der Waals surface area contributed by atoms with E-state index in [4.69, 9.17) is 5.73 Å². The summed E-state index contributed by atoms with van der Waals surface area (Å²) in [6, 6.07) is 0.340. The lowest BCUT2D eigenvalue weighted by Gasteiger charge is -2.14. The van der Waals surface area contributed by atoms with Crippen molar-refractivity contribution >= 4 is 5.84 Å². The molecule has 1 rings (SSSR count). The fourth-order valence-corrected chi connectivity index (χ4v) is 1.22. The monoisotopic (exact) mass is 203 g/mol. The number of nitrogens with one attached hydrogen (secondary N) is 1. The molecular formula is C12H17N3. The van der Waals surface area contributed by atoms with Crippen LogP contribution in [-0.2, 0) is 0 Å². The first kappa shape index (κ1) is 11.3. The summed E-state index contributed by atoms with van der Waals surface area (Å²) in [5, 5.41) is 3.31. The molecule has 0 saturated heterocycles. The minimum Gasteiger partial charge on any atom is -0.383 e. The molecule has 3 N–H and O–H groups in total. The Labute approximate surface area is 90.8 Å². The number of amidine groups is 1. The van der Waals surface area contributed by atoms with Crippen molar-refractivity contribution in [2.45, 2.75) is 19.9 Å². The molecule has 1 aliphatic heterocycles. The zero-order valence-corrected chi connectivity index (χ0v) is 9.25. The minimum atomic E-state index is 0.340. The summed E-state index contributed by atoms with van der Waals surface area (Å²) >= 11 is 0. The molecule has 15 heavy (non-hydrogen) atoms. The molecule has 80 valence electrons. The van der Waals surface area contributed by atoms with Crippen LogP contribution in [0.4, 0.5) is 0 Å². The van der Waals surface area contributed by atoms with Gasteiger partial charge in [0.1, 0.15) is 5.84 Å². The van der Waals surface area contributed by atoms with Crippen LogP contribution >= 0.6 is 0 Å². The first-order valence-corrected chi connectivity index (χ1v) is 4.88. The molecule has 0 radical (unpaired) electrons. The van der Waals surface area contributed by atoms with Gasteiger partial charge in [-0.15, -0.1) is 0 Å². The molecule has 3 nitrogen and oxygen atoms in total. The zero-order chi connectivity index (χ0) is 11.4. The second kappa shape index (κ2) is 4.64. The Bertz CT molecular complexity index is 370. The average Bonchev–Trinajstić information content (AvgIpc) is 2.27. The van der Waals surface area contributed by atoms with Crippen molar-refractivity contribution in [2.75, 3.05) is 0 Å². The SMILES string of the molecule is C=CC1=CN=C(N)C(=C)C=C1NC(C)C. The standard InChI is InChI=1S/C12H17N3/c1-5-10-7-14-12(13)9(4)6-11(10)15-8(2)3/h5-8,15H,1,4H2,2-3H3,(H2,13,14). The Morgan fingerprint density at radius 1 is 1.53 bits per heavy atom. The molecule has 1 aliphatic rings. The van der Waals surface area contributed by atoms with E-state index in [1.807, 2.05) is 6.08 Å². The van der Waals surface area contributed by atoms with Gasteiger partial charge >= 0.3 is 0 Å². The number of hydrogen-bond acceptors (Lipinski definition) is 3. The molecule has 0 aliphatic carbocycles. The van der Waals surface area contributed by atoms with Crippen LogP contribution in [0.1, 0.15) is 13.8 Å². The summed E-state index contributed by atoms with van der Waals surface area (Å²) in [7, 11) is 0. The fourth-order valence-electron chi connectivity index (χ4n) is 1.22. The number of nitrogens with zero attached hydrogens (tertiary/aromatic N) is 1. The van der Waals surface area contributed by atoms with E-state index in [9.17, 15) is 0 Å². The maximum Gasteiger partial charge on any atom is 0.130 e. The van der Waals surface area contributed by atoms with Gasteiger partial charge in [0, 0.05) is 29.1 Å². The first-order chi connectivity index (χ1) is 7.04. The van der Waals surface area contributed by atoms with Crippen LogP contribution in [0.3, 0.4) is 0 Å². The van der Waals surface area contributed by atoms with E-state index < -0.39 is 0 Å². The van der Waals surface area contributed by atoms with Gasteiger partial charge in [-0.3, -0.25) is 0 Å². The average molecular weight is 203 g/mol. The van der Waals surface area contributed by atoms with Crippen LogP contribution < -0.4 is 11.1 Å². The second-order valence-corrected chi connectivity index (χ2v) is 3.69. The number of allylic oxidation sites excluding steroid dienone is 1. The lowest BCUT2D eigenvalue weighted by Crippen LogP contribution is -2.23. The summed E-state index contributed by atoms with van der Waals surface area (Å²) in [5.41, 5.74) is 8.28. The van der Waals surface area contributed by atoms with Gasteiger partial charge in [0.15, 0.2) is 0 Å². The third-order valence-corrected chi connectivity index (χ3v) is 1.97. The van der Waals surface area contributed by atoms with E-state index in [-0.39, 0.29) is 0 Å². The molecular weight excluding hydrogens is 186 g/mol. The minimum absolute atomic E-state index is 0.340. The van der Waals surface area contributed by atoms with Crippen molar-refractivity contribution in [1.82, 2.24) is 5.32 Å². The quantitative estimate of drug-likeness (QED) is 0.735. The highest BCUT2D eigenvalue weighted by Crippen LogP contribution is 2.15. The number of nitrogens with two attached hydrogens (primary N) is 1. The van der Waals surface area contributed by atoms with Crippen LogP contribution in [0.5, 0.6) is 0 Å². The molecule has 0 saturated carbocycles. The maximum absolute atomic E-state index is 5.69. The van der Waals surface area contributed by atoms with E-state index in [1.54, 1.807) is 12.3 Å². The largest absolute Gasteiger partial charge is 0.383 e. The molecule has 0 amide bonds. The summed E-state index contributed by atoms with van der Waals surface area (Å²) in [4.78, 5) is 4.08. The van der Waals surface area contributed by atoms with Crippen LogP contribution in [0.15, 0.2) is 53.3 Å². The Balaban J connectivity index is 3.06. The van der Waals surface area contributed by atoms with Crippen molar-refractivity contribution < 1.29 is 0 Å². The van der Waals surface area contributed by atoms with Crippen molar-refractivity contribution in [3.05, 3.63) is 48.4 Å². The van der Waals surface area contributed by atoms with Crippen molar-refractivity contribution in [1.29, 1.82) is 0 Å². The van der Waals surface area contributed by atoms with Crippen LogP contribution in [0, 0.1) is 0 Å². The van der Waals surface area contributed by atoms with E-state index >= 15 is 0 Å². The highest BCUT2D eigenvalue weighted by Gasteiger charge is 2.08. The second-order valence-electron chi connectivity index (χ2n) is 3.69. The highest BCUT2D eigenvalue weighted by molar-refractivity contribution is 6.00. The Morgan fingerprint density at radius 2 is 2.20 bits per heavy atom. The van der Waals surface area contributed by atoms with E-state index in [1.165, 1.54) is 0 Å². The zero-order valence-electron chi connectivity index (χ0n) is 9.25. The van der Waals surface area contributed by atoms with E-state index in [2.05, 4.69) is 37.3 Å². The summed E-state index contributed by atoms with van der Waals surface area (Å²) in [5.74, 6) is 0.440. The van der Waals surface area contributed by atoms with Crippen LogP contribution in [0.25, 0.3) is 0 Å². The summed E-state index contributed by atoms with van der Waals surface area (Å²) in [6.45, 7) is 11.7. The molecule has 0 aromatic heterocycles. The van der Waals surface area contributed by atoms with Crippen LogP contribution in [0.2, 0.25) is 0 Å². The highest BCUT2D eigenvalue weighted by atomic mass is 14.9. The Morgan fingerprint density at radius 3 is 2.73 bits per heavy atom. The van der Waals surface area contributed by atoms with Crippen molar-refractivity contribution in [3.8, 4) is 0 Å². The molecule has 0 unspecified atom stereocenters. The molecule has 0 atom stereocenters. The van der Waals surface area contributed by atoms with Gasteiger partial charge in [-0.25, -0.2) is 4.99 Å². The van der Waals surface area contributed by atoms with Crippen LogP contribution in [-0.4, -0.2) is 11.9 Å². The van der Waals surface area contributed by atoms with Crippen molar-refractivity contribution in [2.24, 2.45) is 10.7 Å². The third kappa shape index (κ3) is 2.84. The molecule has 3 heteroatoms. The molecule has 0 bridgehead atoms. The normalized spacial score (nSPS) is 16.5. The van der Waals surface area contributed by atoms with Gasteiger partial charge in [-0.2, -0.15) is 0 Å². The lowest BCUT2D eigenvalue weighted by atomic mass is 10.1. The smallest absolute Gasteiger partial charge is 0.130 e. The van der Waals surface area contributed by atoms with Gasteiger partial charge < -0.3 is 11.1 Å². The first-order valence-electron chi connectivity index (χ1n) is 4.88. The predicted molar refractivity (Wildman–Crippen MR) is 65.4 cm³/mol. The fraction of sp³-hybridized carbons (Fsp3) is 0.250.